The average Bonchev–Trinajstić information content (AvgIpc) is 2.43. The van der Waals surface area contributed by atoms with Crippen molar-refractivity contribution in [3.05, 3.63) is 33.9 Å². The summed E-state index contributed by atoms with van der Waals surface area (Å²) in [7, 11) is 3.27. The van der Waals surface area contributed by atoms with Crippen LogP contribution in [0, 0.1) is 16.0 Å². The van der Waals surface area contributed by atoms with Crippen molar-refractivity contribution in [2.75, 3.05) is 25.5 Å². The van der Waals surface area contributed by atoms with Crippen molar-refractivity contribution in [1.82, 2.24) is 5.32 Å². The molecule has 1 saturated carbocycles. The van der Waals surface area contributed by atoms with E-state index in [1.54, 1.807) is 19.2 Å². The van der Waals surface area contributed by atoms with Gasteiger partial charge in [0.25, 0.3) is 11.6 Å². The van der Waals surface area contributed by atoms with Crippen LogP contribution in [0.25, 0.3) is 0 Å². The number of nitro groups is 1. The summed E-state index contributed by atoms with van der Waals surface area (Å²) in [5.74, 6) is -0.00219. The first kappa shape index (κ1) is 15.2. The number of carbonyl (C=O) groups is 1. The third kappa shape index (κ3) is 3.30. The van der Waals surface area contributed by atoms with Crippen LogP contribution in [0.3, 0.4) is 0 Å². The normalized spacial score (nSPS) is 20.5. The van der Waals surface area contributed by atoms with E-state index in [0.717, 1.165) is 12.8 Å². The lowest BCUT2D eigenvalue weighted by Crippen LogP contribution is -2.37. The number of rotatable bonds is 5. The van der Waals surface area contributed by atoms with E-state index in [4.69, 9.17) is 0 Å². The first-order valence-corrected chi connectivity index (χ1v) is 6.82. The number of hydrogen-bond acceptors (Lipinski definition) is 5. The van der Waals surface area contributed by atoms with Crippen molar-refractivity contribution in [2.45, 2.75) is 18.9 Å². The molecule has 0 unspecified atom stereocenters. The first-order valence-electron chi connectivity index (χ1n) is 6.82. The highest BCUT2D eigenvalue weighted by atomic mass is 16.6. The molecule has 1 aromatic rings. The van der Waals surface area contributed by atoms with Gasteiger partial charge in [-0.2, -0.15) is 0 Å². The van der Waals surface area contributed by atoms with Crippen LogP contribution < -0.4 is 10.2 Å². The number of anilines is 1. The summed E-state index contributed by atoms with van der Waals surface area (Å²) >= 11 is 0. The van der Waals surface area contributed by atoms with Gasteiger partial charge in [0, 0.05) is 32.3 Å². The summed E-state index contributed by atoms with van der Waals surface area (Å²) in [6.07, 6.45) is 1.22. The van der Waals surface area contributed by atoms with E-state index in [0.29, 0.717) is 18.2 Å². The molecule has 1 aromatic carbocycles. The van der Waals surface area contributed by atoms with Crippen LogP contribution in [0.15, 0.2) is 18.2 Å². The summed E-state index contributed by atoms with van der Waals surface area (Å²) in [4.78, 5) is 24.1. The van der Waals surface area contributed by atoms with E-state index in [2.05, 4.69) is 5.32 Å². The zero-order valence-electron chi connectivity index (χ0n) is 12.1. The van der Waals surface area contributed by atoms with Gasteiger partial charge in [0.1, 0.15) is 5.69 Å². The van der Waals surface area contributed by atoms with Crippen molar-refractivity contribution in [1.29, 1.82) is 0 Å². The molecule has 1 aliphatic carbocycles. The molecule has 1 amide bonds. The van der Waals surface area contributed by atoms with Crippen molar-refractivity contribution in [2.24, 2.45) is 5.92 Å². The molecule has 0 bridgehead atoms. The Morgan fingerprint density at radius 1 is 1.52 bits per heavy atom. The van der Waals surface area contributed by atoms with Crippen LogP contribution in [-0.2, 0) is 0 Å². The monoisotopic (exact) mass is 293 g/mol. The van der Waals surface area contributed by atoms with Gasteiger partial charge in [-0.15, -0.1) is 0 Å². The largest absolute Gasteiger partial charge is 0.393 e. The highest BCUT2D eigenvalue weighted by molar-refractivity contribution is 5.95. The van der Waals surface area contributed by atoms with Crippen LogP contribution >= 0.6 is 0 Å². The molecule has 0 atom stereocenters. The third-order valence-electron chi connectivity index (χ3n) is 3.82. The predicted molar refractivity (Wildman–Crippen MR) is 78.5 cm³/mol. The van der Waals surface area contributed by atoms with Crippen LogP contribution in [0.1, 0.15) is 23.2 Å². The fourth-order valence-corrected chi connectivity index (χ4v) is 2.61. The van der Waals surface area contributed by atoms with Crippen molar-refractivity contribution >= 4 is 17.3 Å². The van der Waals surface area contributed by atoms with Crippen LogP contribution in [0.5, 0.6) is 0 Å². The van der Waals surface area contributed by atoms with Gasteiger partial charge in [0.05, 0.1) is 11.0 Å². The lowest BCUT2D eigenvalue weighted by Gasteiger charge is -2.35. The minimum Gasteiger partial charge on any atom is -0.393 e. The Bertz CT molecular complexity index is 555. The quantitative estimate of drug-likeness (QED) is 0.627. The number of aliphatic hydroxyl groups is 1. The molecule has 7 nitrogen and oxygen atoms in total. The van der Waals surface area contributed by atoms with Crippen LogP contribution in [0.4, 0.5) is 11.4 Å². The molecule has 2 N–H and O–H groups in total. The summed E-state index contributed by atoms with van der Waals surface area (Å²) in [5, 5.41) is 23.0. The van der Waals surface area contributed by atoms with Gasteiger partial charge in [0.15, 0.2) is 0 Å². The molecule has 0 spiro atoms. The Kier molecular flexibility index (Phi) is 4.42. The fourth-order valence-electron chi connectivity index (χ4n) is 2.61. The number of nitrogens with zero attached hydrogens (tertiary/aromatic N) is 2. The zero-order valence-corrected chi connectivity index (χ0v) is 12.1. The number of nitrogens with one attached hydrogen (secondary N) is 1. The second-order valence-electron chi connectivity index (χ2n) is 5.41. The molecular formula is C14H19N3O4. The fraction of sp³-hybridized carbons (Fsp3) is 0.500. The lowest BCUT2D eigenvalue weighted by atomic mass is 9.82. The molecule has 2 rings (SSSR count). The van der Waals surface area contributed by atoms with Gasteiger partial charge in [-0.25, -0.2) is 0 Å². The highest BCUT2D eigenvalue weighted by Crippen LogP contribution is 2.33. The molecule has 0 aliphatic heterocycles. The Balaban J connectivity index is 2.21. The van der Waals surface area contributed by atoms with Gasteiger partial charge in [-0.3, -0.25) is 14.9 Å². The Morgan fingerprint density at radius 3 is 2.71 bits per heavy atom. The van der Waals surface area contributed by atoms with E-state index in [9.17, 15) is 20.0 Å². The topological polar surface area (TPSA) is 95.7 Å². The molecule has 21 heavy (non-hydrogen) atoms. The second-order valence-corrected chi connectivity index (χ2v) is 5.41. The first-order chi connectivity index (χ1) is 9.92. The van der Waals surface area contributed by atoms with E-state index >= 15 is 0 Å². The molecule has 0 saturated heterocycles. The molecule has 114 valence electrons. The lowest BCUT2D eigenvalue weighted by molar-refractivity contribution is -0.384. The number of aliphatic hydroxyl groups excluding tert-OH is 1. The van der Waals surface area contributed by atoms with Crippen molar-refractivity contribution < 1.29 is 14.8 Å². The smallest absolute Gasteiger partial charge is 0.293 e. The molecule has 7 heteroatoms. The molecule has 0 heterocycles. The Hall–Kier alpha value is -2.15. The van der Waals surface area contributed by atoms with E-state index in [-0.39, 0.29) is 23.3 Å². The molecule has 0 radical (unpaired) electrons. The van der Waals surface area contributed by atoms with Crippen molar-refractivity contribution in [3.8, 4) is 0 Å². The summed E-state index contributed by atoms with van der Waals surface area (Å²) in [5.41, 5.74) is 0.660. The van der Waals surface area contributed by atoms with E-state index < -0.39 is 4.92 Å². The number of amides is 1. The number of hydrogen-bond donors (Lipinski definition) is 2. The van der Waals surface area contributed by atoms with Gasteiger partial charge in [-0.05, 0) is 30.9 Å². The highest BCUT2D eigenvalue weighted by Gasteiger charge is 2.29. The molecule has 1 aliphatic rings. The minimum absolute atomic E-state index is 0.0847. The van der Waals surface area contributed by atoms with Gasteiger partial charge in [-0.1, -0.05) is 0 Å². The maximum Gasteiger partial charge on any atom is 0.293 e. The Morgan fingerprint density at radius 2 is 2.19 bits per heavy atom. The van der Waals surface area contributed by atoms with Crippen LogP contribution in [0.2, 0.25) is 0 Å². The van der Waals surface area contributed by atoms with Crippen molar-refractivity contribution in [3.63, 3.8) is 0 Å². The van der Waals surface area contributed by atoms with Gasteiger partial charge in [0.2, 0.25) is 0 Å². The standard InChI is InChI=1S/C14H19N3O4/c1-15-14(19)10-3-4-12(13(7-10)17(20)21)16(2)8-9-5-11(18)6-9/h3-4,7,9,11,18H,5-6,8H2,1-2H3,(H,15,19). The third-order valence-corrected chi connectivity index (χ3v) is 3.82. The van der Waals surface area contributed by atoms with E-state index in [1.165, 1.54) is 13.1 Å². The molecule has 1 fully saturated rings. The van der Waals surface area contributed by atoms with Gasteiger partial charge >= 0.3 is 0 Å². The second kappa shape index (κ2) is 6.09. The zero-order chi connectivity index (χ0) is 15.6. The maximum absolute atomic E-state index is 11.6. The Labute approximate surface area is 122 Å². The summed E-state index contributed by atoms with van der Waals surface area (Å²) in [6.45, 7) is 0.650. The molecular weight excluding hydrogens is 274 g/mol. The van der Waals surface area contributed by atoms with Gasteiger partial charge < -0.3 is 15.3 Å². The SMILES string of the molecule is CNC(=O)c1ccc(N(C)CC2CC(O)C2)c([N+](=O)[O-])c1. The average molecular weight is 293 g/mol. The molecule has 0 aromatic heterocycles. The number of nitro benzene ring substituents is 1. The predicted octanol–water partition coefficient (Wildman–Crippen LogP) is 1.16. The summed E-state index contributed by atoms with van der Waals surface area (Å²) in [6, 6.07) is 4.46. The number of benzene rings is 1. The maximum atomic E-state index is 11.6. The van der Waals surface area contributed by atoms with Crippen LogP contribution in [-0.4, -0.2) is 42.7 Å². The van der Waals surface area contributed by atoms with E-state index in [1.807, 2.05) is 4.90 Å². The summed E-state index contributed by atoms with van der Waals surface area (Å²) < 4.78 is 0. The number of carbonyl (C=O) groups excluding carboxylic acids is 1. The minimum atomic E-state index is -0.478.